The van der Waals surface area contributed by atoms with E-state index in [-0.39, 0.29) is 0 Å². The Morgan fingerprint density at radius 2 is 2.06 bits per heavy atom. The van der Waals surface area contributed by atoms with Crippen LogP contribution in [0.25, 0.3) is 0 Å². The van der Waals surface area contributed by atoms with Crippen LogP contribution in [0.3, 0.4) is 0 Å². The molecule has 1 aromatic rings. The highest BCUT2D eigenvalue weighted by atomic mass is 16.5. The zero-order chi connectivity index (χ0) is 13.2. The van der Waals surface area contributed by atoms with Crippen LogP contribution in [-0.4, -0.2) is 12.6 Å². The van der Waals surface area contributed by atoms with Gasteiger partial charge in [0, 0.05) is 24.6 Å². The molecule has 0 heterocycles. The molecule has 3 nitrogen and oxygen atoms in total. The van der Waals surface area contributed by atoms with Crippen LogP contribution in [0.4, 0.5) is 0 Å². The summed E-state index contributed by atoms with van der Waals surface area (Å²) in [6, 6.07) is 10.7. The van der Waals surface area contributed by atoms with E-state index in [2.05, 4.69) is 31.3 Å². The average Bonchev–Trinajstić information content (AvgIpc) is 2.37. The third kappa shape index (κ3) is 5.70. The number of benzene rings is 1. The lowest BCUT2D eigenvalue weighted by Crippen LogP contribution is -2.22. The Morgan fingerprint density at radius 3 is 2.78 bits per heavy atom. The summed E-state index contributed by atoms with van der Waals surface area (Å²) >= 11 is 0. The zero-order valence-electron chi connectivity index (χ0n) is 11.3. The summed E-state index contributed by atoms with van der Waals surface area (Å²) in [5.74, 6) is 0.947. The van der Waals surface area contributed by atoms with Crippen LogP contribution in [-0.2, 0) is 6.54 Å². The van der Waals surface area contributed by atoms with E-state index < -0.39 is 0 Å². The molecule has 0 aromatic heterocycles. The van der Waals surface area contributed by atoms with E-state index in [1.165, 1.54) is 5.56 Å². The molecule has 0 aliphatic carbocycles. The summed E-state index contributed by atoms with van der Waals surface area (Å²) in [5, 5.41) is 11.8. The van der Waals surface area contributed by atoms with Crippen LogP contribution >= 0.6 is 0 Å². The lowest BCUT2D eigenvalue weighted by Gasteiger charge is -2.13. The lowest BCUT2D eigenvalue weighted by atomic mass is 10.2. The lowest BCUT2D eigenvalue weighted by molar-refractivity contribution is 0.303. The first kappa shape index (κ1) is 14.5. The molecule has 0 fully saturated rings. The molecule has 18 heavy (non-hydrogen) atoms. The summed E-state index contributed by atoms with van der Waals surface area (Å²) < 4.78 is 5.77. The molecule has 1 N–H and O–H groups in total. The third-order valence-electron chi connectivity index (χ3n) is 2.61. The van der Waals surface area contributed by atoms with Crippen molar-refractivity contribution in [2.24, 2.45) is 0 Å². The number of nitriles is 1. The maximum atomic E-state index is 8.45. The van der Waals surface area contributed by atoms with Gasteiger partial charge in [-0.15, -0.1) is 0 Å². The summed E-state index contributed by atoms with van der Waals surface area (Å²) in [4.78, 5) is 0. The van der Waals surface area contributed by atoms with Crippen molar-refractivity contribution in [3.8, 4) is 11.8 Å². The van der Waals surface area contributed by atoms with Crippen LogP contribution in [0.5, 0.6) is 5.75 Å². The molecule has 0 aliphatic rings. The molecule has 3 heteroatoms. The molecule has 0 unspecified atom stereocenters. The predicted molar refractivity (Wildman–Crippen MR) is 73.4 cm³/mol. The maximum Gasteiger partial charge on any atom is 0.123 e. The summed E-state index contributed by atoms with van der Waals surface area (Å²) in [7, 11) is 0. The fourth-order valence-corrected chi connectivity index (χ4v) is 1.59. The highest BCUT2D eigenvalue weighted by Crippen LogP contribution is 2.18. The standard InChI is InChI=1S/C15H22N2O/c1-13(2)17-12-14-8-4-5-9-15(14)18-11-7-3-6-10-16/h4-5,8-9,13,17H,3,6-7,11-12H2,1-2H3. The van der Waals surface area contributed by atoms with Gasteiger partial charge in [0.15, 0.2) is 0 Å². The van der Waals surface area contributed by atoms with E-state index in [9.17, 15) is 0 Å². The zero-order valence-corrected chi connectivity index (χ0v) is 11.3. The number of unbranched alkanes of at least 4 members (excludes halogenated alkanes) is 2. The van der Waals surface area contributed by atoms with Gasteiger partial charge in [-0.25, -0.2) is 0 Å². The van der Waals surface area contributed by atoms with Gasteiger partial charge in [-0.05, 0) is 18.9 Å². The molecule has 0 atom stereocenters. The smallest absolute Gasteiger partial charge is 0.123 e. The molecule has 0 saturated heterocycles. The molecule has 0 spiro atoms. The Morgan fingerprint density at radius 1 is 1.28 bits per heavy atom. The largest absolute Gasteiger partial charge is 0.493 e. The summed E-state index contributed by atoms with van der Waals surface area (Å²) in [6.45, 7) is 5.77. The van der Waals surface area contributed by atoms with Crippen LogP contribution in [0.15, 0.2) is 24.3 Å². The van der Waals surface area contributed by atoms with E-state index >= 15 is 0 Å². The van der Waals surface area contributed by atoms with Gasteiger partial charge in [0.1, 0.15) is 5.75 Å². The van der Waals surface area contributed by atoms with Crippen molar-refractivity contribution >= 4 is 0 Å². The Bertz CT molecular complexity index is 382. The van der Waals surface area contributed by atoms with E-state index in [0.717, 1.165) is 25.1 Å². The van der Waals surface area contributed by atoms with Gasteiger partial charge in [0.2, 0.25) is 0 Å². The molecule has 0 saturated carbocycles. The molecule has 98 valence electrons. The Kier molecular flexibility index (Phi) is 6.90. The second-order valence-electron chi connectivity index (χ2n) is 4.61. The summed E-state index contributed by atoms with van der Waals surface area (Å²) in [6.07, 6.45) is 2.45. The number of ether oxygens (including phenoxy) is 1. The van der Waals surface area contributed by atoms with Gasteiger partial charge in [0.05, 0.1) is 12.7 Å². The Hall–Kier alpha value is -1.53. The van der Waals surface area contributed by atoms with Crippen molar-refractivity contribution in [1.82, 2.24) is 5.32 Å². The first-order valence-electron chi connectivity index (χ1n) is 6.55. The van der Waals surface area contributed by atoms with Crippen molar-refractivity contribution in [2.45, 2.75) is 45.7 Å². The predicted octanol–water partition coefficient (Wildman–Crippen LogP) is 3.26. The van der Waals surface area contributed by atoms with Crippen LogP contribution in [0.1, 0.15) is 38.7 Å². The fourth-order valence-electron chi connectivity index (χ4n) is 1.59. The molecular weight excluding hydrogens is 224 g/mol. The highest BCUT2D eigenvalue weighted by Gasteiger charge is 2.03. The Balaban J connectivity index is 2.41. The number of nitrogens with zero attached hydrogens (tertiary/aromatic N) is 1. The van der Waals surface area contributed by atoms with Gasteiger partial charge in [0.25, 0.3) is 0 Å². The van der Waals surface area contributed by atoms with Crippen molar-refractivity contribution in [2.75, 3.05) is 6.61 Å². The van der Waals surface area contributed by atoms with E-state index in [1.54, 1.807) is 0 Å². The van der Waals surface area contributed by atoms with Crippen LogP contribution < -0.4 is 10.1 Å². The molecule has 0 radical (unpaired) electrons. The minimum absolute atomic E-state index is 0.466. The SMILES string of the molecule is CC(C)NCc1ccccc1OCCCCC#N. The number of hydrogen-bond acceptors (Lipinski definition) is 3. The molecule has 1 aromatic carbocycles. The number of nitrogens with one attached hydrogen (secondary N) is 1. The van der Waals surface area contributed by atoms with E-state index in [4.69, 9.17) is 10.00 Å². The van der Waals surface area contributed by atoms with Crippen molar-refractivity contribution < 1.29 is 4.74 Å². The molecular formula is C15H22N2O. The second-order valence-corrected chi connectivity index (χ2v) is 4.61. The van der Waals surface area contributed by atoms with Gasteiger partial charge in [-0.3, -0.25) is 0 Å². The van der Waals surface area contributed by atoms with Crippen molar-refractivity contribution in [3.63, 3.8) is 0 Å². The quantitative estimate of drug-likeness (QED) is 0.716. The number of hydrogen-bond donors (Lipinski definition) is 1. The topological polar surface area (TPSA) is 45.0 Å². The minimum atomic E-state index is 0.466. The monoisotopic (exact) mass is 246 g/mol. The highest BCUT2D eigenvalue weighted by molar-refractivity contribution is 5.33. The van der Waals surface area contributed by atoms with E-state index in [0.29, 0.717) is 19.1 Å². The second kappa shape index (κ2) is 8.54. The number of para-hydroxylation sites is 1. The van der Waals surface area contributed by atoms with Gasteiger partial charge in [-0.1, -0.05) is 32.0 Å². The van der Waals surface area contributed by atoms with Crippen LogP contribution in [0, 0.1) is 11.3 Å². The average molecular weight is 246 g/mol. The van der Waals surface area contributed by atoms with Gasteiger partial charge < -0.3 is 10.1 Å². The minimum Gasteiger partial charge on any atom is -0.493 e. The third-order valence-corrected chi connectivity index (χ3v) is 2.61. The van der Waals surface area contributed by atoms with Crippen molar-refractivity contribution in [1.29, 1.82) is 5.26 Å². The first-order chi connectivity index (χ1) is 8.74. The van der Waals surface area contributed by atoms with Gasteiger partial charge >= 0.3 is 0 Å². The first-order valence-corrected chi connectivity index (χ1v) is 6.55. The van der Waals surface area contributed by atoms with E-state index in [1.807, 2.05) is 18.2 Å². The normalized spacial score (nSPS) is 10.3. The van der Waals surface area contributed by atoms with Crippen LogP contribution in [0.2, 0.25) is 0 Å². The molecule has 0 aliphatic heterocycles. The fraction of sp³-hybridized carbons (Fsp3) is 0.533. The van der Waals surface area contributed by atoms with Gasteiger partial charge in [-0.2, -0.15) is 5.26 Å². The molecule has 1 rings (SSSR count). The number of rotatable bonds is 8. The molecule has 0 amide bonds. The Labute approximate surface area is 110 Å². The maximum absolute atomic E-state index is 8.45. The molecule has 0 bridgehead atoms. The summed E-state index contributed by atoms with van der Waals surface area (Å²) in [5.41, 5.74) is 1.19. The van der Waals surface area contributed by atoms with Crippen molar-refractivity contribution in [3.05, 3.63) is 29.8 Å².